The van der Waals surface area contributed by atoms with Crippen molar-refractivity contribution in [1.82, 2.24) is 14.0 Å². The average molecular weight is 361 g/mol. The lowest BCUT2D eigenvalue weighted by Crippen LogP contribution is -2.34. The SMILES string of the molecule is CN(C)CCn1c(=O)c2cc3c(=O)n(C(CO)CO)c(=O)c3cc2c1=O. The maximum atomic E-state index is 12.5. The molecule has 0 saturated heterocycles. The third-order valence-electron chi connectivity index (χ3n) is 4.56. The van der Waals surface area contributed by atoms with Crippen LogP contribution in [-0.4, -0.2) is 58.1 Å². The summed E-state index contributed by atoms with van der Waals surface area (Å²) in [6.45, 7) is -0.476. The predicted molar refractivity (Wildman–Crippen MR) is 96.6 cm³/mol. The van der Waals surface area contributed by atoms with Gasteiger partial charge in [0.15, 0.2) is 0 Å². The zero-order chi connectivity index (χ0) is 19.2. The van der Waals surface area contributed by atoms with Crippen LogP contribution >= 0.6 is 0 Å². The van der Waals surface area contributed by atoms with Crippen LogP contribution in [0.2, 0.25) is 0 Å². The van der Waals surface area contributed by atoms with Crippen LogP contribution in [0.4, 0.5) is 0 Å². The molecule has 0 aliphatic carbocycles. The largest absolute Gasteiger partial charge is 0.394 e. The van der Waals surface area contributed by atoms with E-state index in [-0.39, 0.29) is 28.1 Å². The van der Waals surface area contributed by atoms with E-state index < -0.39 is 41.5 Å². The fraction of sp³-hybridized carbons (Fsp3) is 0.412. The van der Waals surface area contributed by atoms with Crippen molar-refractivity contribution in [2.45, 2.75) is 12.6 Å². The molecule has 26 heavy (non-hydrogen) atoms. The summed E-state index contributed by atoms with van der Waals surface area (Å²) < 4.78 is 1.86. The number of aliphatic hydroxyl groups is 2. The number of fused-ring (bicyclic) bond motifs is 2. The average Bonchev–Trinajstić information content (AvgIpc) is 2.99. The monoisotopic (exact) mass is 361 g/mol. The van der Waals surface area contributed by atoms with Gasteiger partial charge >= 0.3 is 0 Å². The van der Waals surface area contributed by atoms with Crippen LogP contribution in [0, 0.1) is 0 Å². The van der Waals surface area contributed by atoms with E-state index in [1.807, 2.05) is 19.0 Å². The zero-order valence-corrected chi connectivity index (χ0v) is 14.4. The molecule has 3 rings (SSSR count). The van der Waals surface area contributed by atoms with Gasteiger partial charge in [-0.1, -0.05) is 0 Å². The molecule has 3 aromatic rings. The van der Waals surface area contributed by atoms with Gasteiger partial charge in [-0.05, 0) is 26.2 Å². The number of rotatable bonds is 6. The van der Waals surface area contributed by atoms with E-state index in [9.17, 15) is 29.4 Å². The summed E-state index contributed by atoms with van der Waals surface area (Å²) >= 11 is 0. The molecule has 9 nitrogen and oxygen atoms in total. The van der Waals surface area contributed by atoms with E-state index in [1.54, 1.807) is 0 Å². The summed E-state index contributed by atoms with van der Waals surface area (Å²) in [5.74, 6) is 0. The van der Waals surface area contributed by atoms with Crippen LogP contribution < -0.4 is 22.2 Å². The molecule has 9 heteroatoms. The van der Waals surface area contributed by atoms with Crippen LogP contribution in [0.25, 0.3) is 21.5 Å². The molecule has 0 saturated carbocycles. The molecule has 0 amide bonds. The number of hydrogen-bond acceptors (Lipinski definition) is 7. The van der Waals surface area contributed by atoms with Gasteiger partial charge in [0.2, 0.25) is 0 Å². The molecule has 2 aromatic heterocycles. The standard InChI is InChI=1S/C17H19N3O6/c1-18(2)3-4-19-14(23)10-5-12-13(6-11(10)15(19)24)17(26)20(16(12)25)9(7-21)8-22/h5-6,9,21-22H,3-4,7-8H2,1-2H3. The second-order valence-electron chi connectivity index (χ2n) is 6.51. The Morgan fingerprint density at radius 1 is 0.846 bits per heavy atom. The van der Waals surface area contributed by atoms with Gasteiger partial charge in [0.1, 0.15) is 0 Å². The molecule has 2 N–H and O–H groups in total. The normalized spacial score (nSPS) is 12.2. The summed E-state index contributed by atoms with van der Waals surface area (Å²) in [5, 5.41) is 18.7. The molecule has 2 heterocycles. The summed E-state index contributed by atoms with van der Waals surface area (Å²) in [5.41, 5.74) is -2.41. The molecular formula is C17H19N3O6. The Morgan fingerprint density at radius 3 is 1.65 bits per heavy atom. The van der Waals surface area contributed by atoms with Crippen LogP contribution in [0.3, 0.4) is 0 Å². The van der Waals surface area contributed by atoms with Crippen molar-refractivity contribution >= 4 is 21.5 Å². The number of aromatic nitrogens is 2. The second-order valence-corrected chi connectivity index (χ2v) is 6.51. The third kappa shape index (κ3) is 2.61. The molecule has 1 aromatic carbocycles. The predicted octanol–water partition coefficient (Wildman–Crippen LogP) is -2.00. The topological polar surface area (TPSA) is 122 Å². The quantitative estimate of drug-likeness (QED) is 0.521. The van der Waals surface area contributed by atoms with Crippen LogP contribution in [0.15, 0.2) is 31.3 Å². The Hall–Kier alpha value is -2.62. The molecule has 0 aliphatic rings. The molecule has 0 fully saturated rings. The first-order valence-electron chi connectivity index (χ1n) is 8.10. The minimum absolute atomic E-state index is 0.00346. The maximum Gasteiger partial charge on any atom is 0.261 e. The number of aliphatic hydroxyl groups excluding tert-OH is 2. The van der Waals surface area contributed by atoms with Gasteiger partial charge in [0, 0.05) is 13.1 Å². The van der Waals surface area contributed by atoms with Gasteiger partial charge in [0.25, 0.3) is 22.2 Å². The highest BCUT2D eigenvalue weighted by Gasteiger charge is 2.22. The Labute approximate surface area is 146 Å². The lowest BCUT2D eigenvalue weighted by molar-refractivity contribution is 0.151. The third-order valence-corrected chi connectivity index (χ3v) is 4.56. The molecule has 0 unspecified atom stereocenters. The summed E-state index contributed by atoms with van der Waals surface area (Å²) in [6, 6.07) is 1.44. The van der Waals surface area contributed by atoms with Crippen molar-refractivity contribution in [2.24, 2.45) is 0 Å². The highest BCUT2D eigenvalue weighted by atomic mass is 16.3. The summed E-state index contributed by atoms with van der Waals surface area (Å²) in [7, 11) is 3.63. The maximum absolute atomic E-state index is 12.5. The van der Waals surface area contributed by atoms with Gasteiger partial charge < -0.3 is 15.1 Å². The van der Waals surface area contributed by atoms with Crippen molar-refractivity contribution in [2.75, 3.05) is 33.9 Å². The van der Waals surface area contributed by atoms with E-state index in [0.717, 1.165) is 9.13 Å². The molecule has 0 radical (unpaired) electrons. The van der Waals surface area contributed by atoms with E-state index in [4.69, 9.17) is 0 Å². The Balaban J connectivity index is 2.31. The van der Waals surface area contributed by atoms with Crippen LogP contribution in [0.5, 0.6) is 0 Å². The van der Waals surface area contributed by atoms with E-state index in [1.165, 1.54) is 12.1 Å². The Kier molecular flexibility index (Phi) is 4.61. The molecule has 138 valence electrons. The van der Waals surface area contributed by atoms with Gasteiger partial charge in [-0.2, -0.15) is 0 Å². The highest BCUT2D eigenvalue weighted by molar-refractivity contribution is 5.97. The Bertz CT molecular complexity index is 1100. The van der Waals surface area contributed by atoms with Gasteiger partial charge in [-0.25, -0.2) is 0 Å². The molecule has 0 aliphatic heterocycles. The fourth-order valence-corrected chi connectivity index (χ4v) is 3.10. The lowest BCUT2D eigenvalue weighted by atomic mass is 10.1. The van der Waals surface area contributed by atoms with Crippen LogP contribution in [-0.2, 0) is 6.54 Å². The number of hydrogen-bond donors (Lipinski definition) is 2. The molecule has 0 atom stereocenters. The summed E-state index contributed by atoms with van der Waals surface area (Å²) in [6.07, 6.45) is 0. The smallest absolute Gasteiger partial charge is 0.261 e. The number of nitrogens with zero attached hydrogens (tertiary/aromatic N) is 3. The zero-order valence-electron chi connectivity index (χ0n) is 14.4. The van der Waals surface area contributed by atoms with E-state index >= 15 is 0 Å². The van der Waals surface area contributed by atoms with Crippen LogP contribution in [0.1, 0.15) is 6.04 Å². The second kappa shape index (κ2) is 6.60. The van der Waals surface area contributed by atoms with Crippen molar-refractivity contribution < 1.29 is 10.2 Å². The first-order chi connectivity index (χ1) is 12.3. The minimum atomic E-state index is -1.07. The lowest BCUT2D eigenvalue weighted by Gasteiger charge is -2.09. The Morgan fingerprint density at radius 2 is 1.27 bits per heavy atom. The van der Waals surface area contributed by atoms with Gasteiger partial charge in [0.05, 0.1) is 40.8 Å². The molecule has 0 bridgehead atoms. The first kappa shape index (κ1) is 18.2. The van der Waals surface area contributed by atoms with E-state index in [2.05, 4.69) is 0 Å². The summed E-state index contributed by atoms with van der Waals surface area (Å²) in [4.78, 5) is 51.9. The number of benzene rings is 1. The fourth-order valence-electron chi connectivity index (χ4n) is 3.10. The van der Waals surface area contributed by atoms with Crippen molar-refractivity contribution in [3.63, 3.8) is 0 Å². The van der Waals surface area contributed by atoms with Gasteiger partial charge in [-0.15, -0.1) is 0 Å². The first-order valence-corrected chi connectivity index (χ1v) is 8.10. The van der Waals surface area contributed by atoms with Crippen molar-refractivity contribution in [1.29, 1.82) is 0 Å². The highest BCUT2D eigenvalue weighted by Crippen LogP contribution is 2.15. The van der Waals surface area contributed by atoms with Crippen molar-refractivity contribution in [3.8, 4) is 0 Å². The van der Waals surface area contributed by atoms with Gasteiger partial charge in [-0.3, -0.25) is 28.3 Å². The minimum Gasteiger partial charge on any atom is -0.394 e. The molecular weight excluding hydrogens is 342 g/mol. The molecule has 0 spiro atoms. The van der Waals surface area contributed by atoms with E-state index in [0.29, 0.717) is 6.54 Å². The number of likely N-dealkylation sites (N-methyl/N-ethyl adjacent to an activating group) is 1. The van der Waals surface area contributed by atoms with Crippen molar-refractivity contribution in [3.05, 3.63) is 53.5 Å².